The van der Waals surface area contributed by atoms with Crippen LogP contribution in [0.2, 0.25) is 0 Å². The van der Waals surface area contributed by atoms with Gasteiger partial charge < -0.3 is 10.1 Å². The Labute approximate surface area is 163 Å². The molecular weight excluding hydrogens is 330 g/mol. The first-order valence-electron chi connectivity index (χ1n) is 9.89. The van der Waals surface area contributed by atoms with Crippen molar-refractivity contribution in [2.24, 2.45) is 0 Å². The molecule has 0 aliphatic heterocycles. The van der Waals surface area contributed by atoms with Gasteiger partial charge in [0, 0.05) is 17.9 Å². The molecule has 0 heterocycles. The van der Waals surface area contributed by atoms with Gasteiger partial charge in [-0.25, -0.2) is 0 Å². The maximum atomic E-state index is 5.80. The minimum Gasteiger partial charge on any atom is -0.491 e. The second kappa shape index (κ2) is 9.94. The normalized spacial score (nSPS) is 12.1. The summed E-state index contributed by atoms with van der Waals surface area (Å²) in [4.78, 5) is 0. The first kappa shape index (κ1) is 19.2. The zero-order valence-electron chi connectivity index (χ0n) is 16.3. The van der Waals surface area contributed by atoms with E-state index in [1.54, 1.807) is 0 Å². The number of quaternary nitrogens is 1. The van der Waals surface area contributed by atoms with Crippen LogP contribution in [0.1, 0.15) is 42.9 Å². The maximum absolute atomic E-state index is 5.80. The predicted molar refractivity (Wildman–Crippen MR) is 112 cm³/mol. The van der Waals surface area contributed by atoms with Crippen LogP contribution in [0.3, 0.4) is 0 Å². The lowest BCUT2D eigenvalue weighted by Crippen LogP contribution is -2.82. The molecule has 0 fully saturated rings. The Morgan fingerprint density at radius 3 is 1.96 bits per heavy atom. The van der Waals surface area contributed by atoms with E-state index in [2.05, 4.69) is 104 Å². The molecule has 1 atom stereocenters. The zero-order chi connectivity index (χ0) is 18.9. The van der Waals surface area contributed by atoms with Crippen molar-refractivity contribution in [2.75, 3.05) is 6.54 Å². The second-order valence-electron chi connectivity index (χ2n) is 7.25. The first-order valence-corrected chi connectivity index (χ1v) is 9.89. The van der Waals surface area contributed by atoms with Crippen LogP contribution in [0.5, 0.6) is 5.75 Å². The highest BCUT2D eigenvalue weighted by atomic mass is 16.5. The Bertz CT molecular complexity index is 782. The quantitative estimate of drug-likeness (QED) is 0.547. The molecule has 3 aromatic carbocycles. The lowest BCUT2D eigenvalue weighted by Gasteiger charge is -2.18. The molecule has 0 saturated heterocycles. The molecule has 3 aromatic rings. The van der Waals surface area contributed by atoms with Gasteiger partial charge in [-0.1, -0.05) is 72.8 Å². The van der Waals surface area contributed by atoms with Gasteiger partial charge in [-0.2, -0.15) is 0 Å². The van der Waals surface area contributed by atoms with E-state index >= 15 is 0 Å². The van der Waals surface area contributed by atoms with Crippen molar-refractivity contribution in [2.45, 2.75) is 38.8 Å². The Balaban J connectivity index is 1.66. The number of ether oxygens (including phenoxy) is 1. The van der Waals surface area contributed by atoms with Crippen LogP contribution in [-0.2, 0) is 6.54 Å². The van der Waals surface area contributed by atoms with Crippen LogP contribution < -0.4 is 10.1 Å². The molecule has 0 aliphatic carbocycles. The minimum absolute atomic E-state index is 0.202. The summed E-state index contributed by atoms with van der Waals surface area (Å²) in [5.41, 5.74) is 4.11. The number of nitrogens with two attached hydrogens (primary N) is 1. The summed E-state index contributed by atoms with van der Waals surface area (Å²) in [5.74, 6) is 1.35. The predicted octanol–water partition coefficient (Wildman–Crippen LogP) is 4.76. The molecule has 3 rings (SSSR count). The molecule has 0 aliphatic rings. The molecule has 2 heteroatoms. The fourth-order valence-electron chi connectivity index (χ4n) is 3.43. The summed E-state index contributed by atoms with van der Waals surface area (Å²) in [6.07, 6.45) is 1.31. The van der Waals surface area contributed by atoms with E-state index in [0.717, 1.165) is 25.3 Å². The van der Waals surface area contributed by atoms with Crippen molar-refractivity contribution in [3.05, 3.63) is 102 Å². The highest BCUT2D eigenvalue weighted by molar-refractivity contribution is 5.36. The molecule has 2 N–H and O–H groups in total. The SMILES string of the molecule is CC(C)Oc1ccc([C@@H](CC[NH2+]Cc2ccccc2)c2ccccc2)cc1. The van der Waals surface area contributed by atoms with E-state index in [1.165, 1.54) is 16.7 Å². The van der Waals surface area contributed by atoms with Crippen LogP contribution in [-0.4, -0.2) is 12.6 Å². The Morgan fingerprint density at radius 1 is 0.741 bits per heavy atom. The van der Waals surface area contributed by atoms with E-state index < -0.39 is 0 Å². The molecule has 0 amide bonds. The van der Waals surface area contributed by atoms with Crippen molar-refractivity contribution in [1.29, 1.82) is 0 Å². The third-order valence-corrected chi connectivity index (χ3v) is 4.74. The fraction of sp³-hybridized carbons (Fsp3) is 0.280. The third-order valence-electron chi connectivity index (χ3n) is 4.74. The van der Waals surface area contributed by atoms with Gasteiger partial charge in [0.05, 0.1) is 12.6 Å². The Morgan fingerprint density at radius 2 is 1.33 bits per heavy atom. The monoisotopic (exact) mass is 360 g/mol. The molecule has 0 aromatic heterocycles. The Hall–Kier alpha value is -2.58. The van der Waals surface area contributed by atoms with Gasteiger partial charge in [0.1, 0.15) is 12.3 Å². The largest absolute Gasteiger partial charge is 0.491 e. The molecule has 140 valence electrons. The summed E-state index contributed by atoms with van der Waals surface area (Å²) in [5, 5.41) is 2.40. The van der Waals surface area contributed by atoms with Crippen LogP contribution in [0, 0.1) is 0 Å². The molecular formula is C25H30NO+. The van der Waals surface area contributed by atoms with E-state index in [1.807, 2.05) is 0 Å². The van der Waals surface area contributed by atoms with Gasteiger partial charge in [-0.05, 0) is 37.1 Å². The number of hydrogen-bond acceptors (Lipinski definition) is 1. The van der Waals surface area contributed by atoms with E-state index in [-0.39, 0.29) is 6.10 Å². The van der Waals surface area contributed by atoms with Gasteiger partial charge in [0.15, 0.2) is 0 Å². The highest BCUT2D eigenvalue weighted by Crippen LogP contribution is 2.29. The van der Waals surface area contributed by atoms with Crippen LogP contribution in [0.4, 0.5) is 0 Å². The van der Waals surface area contributed by atoms with Crippen LogP contribution in [0.15, 0.2) is 84.9 Å². The highest BCUT2D eigenvalue weighted by Gasteiger charge is 2.15. The standard InChI is InChI=1S/C25H29NO/c1-20(2)27-24-15-13-23(14-16-24)25(22-11-7-4-8-12-22)17-18-26-19-21-9-5-3-6-10-21/h3-16,20,25-26H,17-19H2,1-2H3/p+1/t25-/m0/s1. The number of rotatable bonds is 9. The van der Waals surface area contributed by atoms with Gasteiger partial charge in [0.2, 0.25) is 0 Å². The molecule has 27 heavy (non-hydrogen) atoms. The van der Waals surface area contributed by atoms with E-state index in [4.69, 9.17) is 4.74 Å². The number of benzene rings is 3. The average Bonchev–Trinajstić information content (AvgIpc) is 2.70. The van der Waals surface area contributed by atoms with E-state index in [9.17, 15) is 0 Å². The van der Waals surface area contributed by atoms with Crippen LogP contribution >= 0.6 is 0 Å². The second-order valence-corrected chi connectivity index (χ2v) is 7.25. The Kier molecular flexibility index (Phi) is 7.06. The lowest BCUT2D eigenvalue weighted by atomic mass is 9.88. The summed E-state index contributed by atoms with van der Waals surface area (Å²) < 4.78 is 5.80. The van der Waals surface area contributed by atoms with Crippen LogP contribution in [0.25, 0.3) is 0 Å². The first-order chi connectivity index (χ1) is 13.2. The van der Waals surface area contributed by atoms with Crippen molar-refractivity contribution in [3.8, 4) is 5.75 Å². The van der Waals surface area contributed by atoms with Gasteiger partial charge >= 0.3 is 0 Å². The van der Waals surface area contributed by atoms with Crippen molar-refractivity contribution in [1.82, 2.24) is 0 Å². The van der Waals surface area contributed by atoms with Crippen molar-refractivity contribution >= 4 is 0 Å². The third kappa shape index (κ3) is 5.97. The van der Waals surface area contributed by atoms with Gasteiger partial charge in [-0.15, -0.1) is 0 Å². The van der Waals surface area contributed by atoms with Crippen molar-refractivity contribution < 1.29 is 10.1 Å². The summed E-state index contributed by atoms with van der Waals surface area (Å²) in [6.45, 7) is 6.24. The molecule has 0 spiro atoms. The van der Waals surface area contributed by atoms with Gasteiger partial charge in [-0.3, -0.25) is 0 Å². The number of hydrogen-bond donors (Lipinski definition) is 1. The van der Waals surface area contributed by atoms with E-state index in [0.29, 0.717) is 5.92 Å². The van der Waals surface area contributed by atoms with Gasteiger partial charge in [0.25, 0.3) is 0 Å². The molecule has 0 unspecified atom stereocenters. The fourth-order valence-corrected chi connectivity index (χ4v) is 3.43. The zero-order valence-corrected chi connectivity index (χ0v) is 16.3. The summed E-state index contributed by atoms with van der Waals surface area (Å²) in [6, 6.07) is 30.1. The molecule has 0 bridgehead atoms. The molecule has 0 radical (unpaired) electrons. The molecule has 0 saturated carbocycles. The minimum atomic E-state index is 0.202. The lowest BCUT2D eigenvalue weighted by molar-refractivity contribution is -0.671. The average molecular weight is 361 g/mol. The topological polar surface area (TPSA) is 25.8 Å². The maximum Gasteiger partial charge on any atom is 0.119 e. The summed E-state index contributed by atoms with van der Waals surface area (Å²) in [7, 11) is 0. The molecule has 2 nitrogen and oxygen atoms in total. The summed E-state index contributed by atoms with van der Waals surface area (Å²) >= 11 is 0. The van der Waals surface area contributed by atoms with Crippen molar-refractivity contribution in [3.63, 3.8) is 0 Å². The smallest absolute Gasteiger partial charge is 0.119 e.